The fourth-order valence-electron chi connectivity index (χ4n) is 3.05. The Morgan fingerprint density at radius 2 is 1.36 bits per heavy atom. The van der Waals surface area contributed by atoms with Gasteiger partial charge in [0.05, 0.1) is 6.42 Å². The number of carbonyl (C=O) groups excluding carboxylic acids is 1. The number of likely N-dealkylation sites (tertiary alicyclic amines) is 1. The first kappa shape index (κ1) is 14.8. The predicted molar refractivity (Wildman–Crippen MR) is 90.6 cm³/mol. The minimum absolute atomic E-state index is 0.273. The number of nitrogens with zero attached hydrogens (tertiary/aromatic N) is 1. The third kappa shape index (κ3) is 3.76. The van der Waals surface area contributed by atoms with Crippen LogP contribution in [-0.4, -0.2) is 23.9 Å². The second-order valence-corrected chi connectivity index (χ2v) is 6.03. The zero-order valence-electron chi connectivity index (χ0n) is 13.0. The standard InChI is InChI=1S/C20H23NO/c22-20(21-14-6-1-2-7-15-21)16-17-10-12-19(13-11-17)18-8-4-3-5-9-18/h3-5,8-13H,1-2,6-7,14-16H2. The highest BCUT2D eigenvalue weighted by atomic mass is 16.2. The topological polar surface area (TPSA) is 20.3 Å². The van der Waals surface area contributed by atoms with Crippen molar-refractivity contribution in [1.29, 1.82) is 0 Å². The van der Waals surface area contributed by atoms with Gasteiger partial charge in [0, 0.05) is 13.1 Å². The van der Waals surface area contributed by atoms with Crippen molar-refractivity contribution < 1.29 is 4.79 Å². The normalized spacial score (nSPS) is 15.4. The summed E-state index contributed by atoms with van der Waals surface area (Å²) in [7, 11) is 0. The molecule has 0 aromatic heterocycles. The molecule has 0 N–H and O–H groups in total. The number of amides is 1. The van der Waals surface area contributed by atoms with Crippen LogP contribution in [0.5, 0.6) is 0 Å². The lowest BCUT2D eigenvalue weighted by Gasteiger charge is -2.20. The van der Waals surface area contributed by atoms with Crippen molar-refractivity contribution in [2.24, 2.45) is 0 Å². The third-order valence-electron chi connectivity index (χ3n) is 4.38. The summed E-state index contributed by atoms with van der Waals surface area (Å²) >= 11 is 0. The summed E-state index contributed by atoms with van der Waals surface area (Å²) in [5, 5.41) is 0. The van der Waals surface area contributed by atoms with Crippen molar-refractivity contribution in [1.82, 2.24) is 4.90 Å². The second-order valence-electron chi connectivity index (χ2n) is 6.03. The molecular weight excluding hydrogens is 270 g/mol. The minimum atomic E-state index is 0.273. The number of rotatable bonds is 3. The van der Waals surface area contributed by atoms with Crippen LogP contribution >= 0.6 is 0 Å². The highest BCUT2D eigenvalue weighted by Crippen LogP contribution is 2.20. The Hall–Kier alpha value is -2.09. The second kappa shape index (κ2) is 7.26. The van der Waals surface area contributed by atoms with E-state index >= 15 is 0 Å². The van der Waals surface area contributed by atoms with Gasteiger partial charge in [-0.25, -0.2) is 0 Å². The maximum atomic E-state index is 12.4. The fourth-order valence-corrected chi connectivity index (χ4v) is 3.05. The molecule has 0 spiro atoms. The van der Waals surface area contributed by atoms with Crippen molar-refractivity contribution in [3.8, 4) is 11.1 Å². The van der Waals surface area contributed by atoms with E-state index in [1.165, 1.54) is 24.0 Å². The van der Waals surface area contributed by atoms with Crippen LogP contribution in [0.3, 0.4) is 0 Å². The quantitative estimate of drug-likeness (QED) is 0.826. The van der Waals surface area contributed by atoms with Gasteiger partial charge in [-0.15, -0.1) is 0 Å². The van der Waals surface area contributed by atoms with Crippen LogP contribution in [-0.2, 0) is 11.2 Å². The molecule has 2 heteroatoms. The number of hydrogen-bond acceptors (Lipinski definition) is 1. The molecule has 1 aliphatic rings. The average molecular weight is 293 g/mol. The molecule has 3 rings (SSSR count). The smallest absolute Gasteiger partial charge is 0.226 e. The molecule has 0 atom stereocenters. The molecule has 22 heavy (non-hydrogen) atoms. The van der Waals surface area contributed by atoms with E-state index in [1.54, 1.807) is 0 Å². The van der Waals surface area contributed by atoms with E-state index in [4.69, 9.17) is 0 Å². The highest BCUT2D eigenvalue weighted by Gasteiger charge is 2.15. The minimum Gasteiger partial charge on any atom is -0.342 e. The summed E-state index contributed by atoms with van der Waals surface area (Å²) in [5.74, 6) is 0.273. The maximum absolute atomic E-state index is 12.4. The molecule has 0 saturated carbocycles. The van der Waals surface area contributed by atoms with Crippen molar-refractivity contribution in [2.45, 2.75) is 32.1 Å². The van der Waals surface area contributed by atoms with Crippen LogP contribution in [0.2, 0.25) is 0 Å². The Kier molecular flexibility index (Phi) is 4.89. The van der Waals surface area contributed by atoms with Crippen LogP contribution in [0.15, 0.2) is 54.6 Å². The van der Waals surface area contributed by atoms with Gasteiger partial charge in [0.15, 0.2) is 0 Å². The maximum Gasteiger partial charge on any atom is 0.226 e. The molecule has 1 saturated heterocycles. The molecular formula is C20H23NO. The van der Waals surface area contributed by atoms with E-state index in [-0.39, 0.29) is 5.91 Å². The van der Waals surface area contributed by atoms with Gasteiger partial charge in [-0.2, -0.15) is 0 Å². The molecule has 0 bridgehead atoms. The van der Waals surface area contributed by atoms with Crippen LogP contribution in [0.25, 0.3) is 11.1 Å². The van der Waals surface area contributed by atoms with Gasteiger partial charge in [-0.3, -0.25) is 4.79 Å². The molecule has 2 nitrogen and oxygen atoms in total. The summed E-state index contributed by atoms with van der Waals surface area (Å²) in [4.78, 5) is 14.4. The van der Waals surface area contributed by atoms with Gasteiger partial charge in [-0.1, -0.05) is 67.4 Å². The van der Waals surface area contributed by atoms with Crippen molar-refractivity contribution in [2.75, 3.05) is 13.1 Å². The number of benzene rings is 2. The largest absolute Gasteiger partial charge is 0.342 e. The lowest BCUT2D eigenvalue weighted by Crippen LogP contribution is -2.33. The molecule has 0 aliphatic carbocycles. The summed E-state index contributed by atoms with van der Waals surface area (Å²) in [6, 6.07) is 18.7. The molecule has 1 heterocycles. The van der Waals surface area contributed by atoms with Gasteiger partial charge in [0.2, 0.25) is 5.91 Å². The lowest BCUT2D eigenvalue weighted by atomic mass is 10.0. The van der Waals surface area contributed by atoms with Crippen LogP contribution in [0.1, 0.15) is 31.2 Å². The SMILES string of the molecule is O=C(Cc1ccc(-c2ccccc2)cc1)N1CCCCCC1. The average Bonchev–Trinajstić information content (AvgIpc) is 2.86. The zero-order chi connectivity index (χ0) is 15.2. The first-order valence-electron chi connectivity index (χ1n) is 8.25. The zero-order valence-corrected chi connectivity index (χ0v) is 13.0. The van der Waals surface area contributed by atoms with Gasteiger partial charge in [0.25, 0.3) is 0 Å². The lowest BCUT2D eigenvalue weighted by molar-refractivity contribution is -0.130. The van der Waals surface area contributed by atoms with E-state index in [0.29, 0.717) is 6.42 Å². The summed E-state index contributed by atoms with van der Waals surface area (Å²) in [5.41, 5.74) is 3.52. The molecule has 1 aliphatic heterocycles. The van der Waals surface area contributed by atoms with Crippen molar-refractivity contribution in [3.63, 3.8) is 0 Å². The van der Waals surface area contributed by atoms with Crippen LogP contribution < -0.4 is 0 Å². The van der Waals surface area contributed by atoms with Crippen LogP contribution in [0, 0.1) is 0 Å². The van der Waals surface area contributed by atoms with Crippen molar-refractivity contribution >= 4 is 5.91 Å². The van der Waals surface area contributed by atoms with E-state index < -0.39 is 0 Å². The van der Waals surface area contributed by atoms with Gasteiger partial charge < -0.3 is 4.90 Å². The molecule has 0 unspecified atom stereocenters. The molecule has 1 fully saturated rings. The van der Waals surface area contributed by atoms with E-state index in [0.717, 1.165) is 31.5 Å². The molecule has 0 radical (unpaired) electrons. The summed E-state index contributed by atoms with van der Waals surface area (Å²) in [6.45, 7) is 1.86. The molecule has 114 valence electrons. The highest BCUT2D eigenvalue weighted by molar-refractivity contribution is 5.79. The van der Waals surface area contributed by atoms with Crippen molar-refractivity contribution in [3.05, 3.63) is 60.2 Å². The molecule has 1 amide bonds. The first-order chi connectivity index (χ1) is 10.8. The van der Waals surface area contributed by atoms with Gasteiger partial charge in [0.1, 0.15) is 0 Å². The van der Waals surface area contributed by atoms with Gasteiger partial charge in [-0.05, 0) is 29.5 Å². The predicted octanol–water partition coefficient (Wildman–Crippen LogP) is 4.30. The van der Waals surface area contributed by atoms with E-state index in [9.17, 15) is 4.79 Å². The molecule has 2 aromatic rings. The Labute approximate surface area is 132 Å². The third-order valence-corrected chi connectivity index (χ3v) is 4.38. The fraction of sp³-hybridized carbons (Fsp3) is 0.350. The Balaban J connectivity index is 1.64. The van der Waals surface area contributed by atoms with Crippen LogP contribution in [0.4, 0.5) is 0 Å². The Morgan fingerprint density at radius 1 is 0.773 bits per heavy atom. The first-order valence-corrected chi connectivity index (χ1v) is 8.25. The van der Waals surface area contributed by atoms with E-state index in [1.807, 2.05) is 23.1 Å². The number of carbonyl (C=O) groups is 1. The number of hydrogen-bond donors (Lipinski definition) is 0. The Bertz CT molecular complexity index is 595. The Morgan fingerprint density at radius 3 is 2.00 bits per heavy atom. The summed E-state index contributed by atoms with van der Waals surface area (Å²) < 4.78 is 0. The van der Waals surface area contributed by atoms with Gasteiger partial charge >= 0.3 is 0 Å². The molecule has 2 aromatic carbocycles. The van der Waals surface area contributed by atoms with E-state index in [2.05, 4.69) is 36.4 Å². The monoisotopic (exact) mass is 293 g/mol. The summed E-state index contributed by atoms with van der Waals surface area (Å²) in [6.07, 6.45) is 5.34.